The first-order valence-corrected chi connectivity index (χ1v) is 11.2. The van der Waals surface area contributed by atoms with Crippen molar-refractivity contribution in [3.63, 3.8) is 0 Å². The predicted molar refractivity (Wildman–Crippen MR) is 110 cm³/mol. The van der Waals surface area contributed by atoms with Gasteiger partial charge in [-0.15, -0.1) is 0 Å². The number of sulfone groups is 1. The molecule has 28 heavy (non-hydrogen) atoms. The number of piperidine rings is 1. The van der Waals surface area contributed by atoms with Crippen LogP contribution < -0.4 is 4.90 Å². The van der Waals surface area contributed by atoms with Crippen molar-refractivity contribution < 1.29 is 12.8 Å². The SMILES string of the molecule is O=S(=O)(c1ccc(Cl)cc1)c1nc(-c2ccc(Cl)cc2)oc1N1CCCCC1. The number of benzene rings is 2. The highest BCUT2D eigenvalue weighted by molar-refractivity contribution is 7.91. The Morgan fingerprint density at radius 2 is 1.43 bits per heavy atom. The van der Waals surface area contributed by atoms with Crippen molar-refractivity contribution in [2.45, 2.75) is 29.2 Å². The summed E-state index contributed by atoms with van der Waals surface area (Å²) in [5.41, 5.74) is 0.667. The first kappa shape index (κ1) is 19.3. The maximum absolute atomic E-state index is 13.3. The Balaban J connectivity index is 1.84. The molecule has 146 valence electrons. The van der Waals surface area contributed by atoms with E-state index in [1.165, 1.54) is 12.1 Å². The number of hydrogen-bond donors (Lipinski definition) is 0. The summed E-state index contributed by atoms with van der Waals surface area (Å²) in [6, 6.07) is 13.0. The molecule has 0 aliphatic carbocycles. The van der Waals surface area contributed by atoms with Gasteiger partial charge in [0.05, 0.1) is 4.90 Å². The van der Waals surface area contributed by atoms with Gasteiger partial charge in [-0.05, 0) is 67.8 Å². The normalized spacial score (nSPS) is 15.0. The number of oxazole rings is 1. The lowest BCUT2D eigenvalue weighted by atomic mass is 10.1. The molecule has 3 aromatic rings. The highest BCUT2D eigenvalue weighted by Crippen LogP contribution is 2.36. The summed E-state index contributed by atoms with van der Waals surface area (Å²) < 4.78 is 32.6. The first-order chi connectivity index (χ1) is 13.4. The summed E-state index contributed by atoms with van der Waals surface area (Å²) in [4.78, 5) is 6.47. The van der Waals surface area contributed by atoms with Crippen LogP contribution in [0.3, 0.4) is 0 Å². The van der Waals surface area contributed by atoms with Crippen LogP contribution in [-0.4, -0.2) is 26.5 Å². The Bertz CT molecular complexity index is 1070. The summed E-state index contributed by atoms with van der Waals surface area (Å²) >= 11 is 11.9. The molecule has 4 rings (SSSR count). The van der Waals surface area contributed by atoms with E-state index in [0.29, 0.717) is 21.5 Å². The molecule has 1 aliphatic rings. The van der Waals surface area contributed by atoms with E-state index in [2.05, 4.69) is 4.98 Å². The summed E-state index contributed by atoms with van der Waals surface area (Å²) in [7, 11) is -3.86. The van der Waals surface area contributed by atoms with Crippen molar-refractivity contribution in [3.8, 4) is 11.5 Å². The quantitative estimate of drug-likeness (QED) is 0.542. The average molecular weight is 437 g/mol. The number of halogens is 2. The van der Waals surface area contributed by atoms with Gasteiger partial charge in [-0.25, -0.2) is 8.42 Å². The van der Waals surface area contributed by atoms with Crippen molar-refractivity contribution in [2.75, 3.05) is 18.0 Å². The number of hydrogen-bond acceptors (Lipinski definition) is 5. The van der Waals surface area contributed by atoms with E-state index in [1.807, 2.05) is 4.90 Å². The summed E-state index contributed by atoms with van der Waals surface area (Å²) in [6.45, 7) is 1.47. The number of anilines is 1. The summed E-state index contributed by atoms with van der Waals surface area (Å²) in [5.74, 6) is 0.546. The van der Waals surface area contributed by atoms with E-state index in [1.54, 1.807) is 36.4 Å². The Labute approximate surface area is 173 Å². The van der Waals surface area contributed by atoms with Crippen LogP contribution in [0.25, 0.3) is 11.5 Å². The van der Waals surface area contributed by atoms with Crippen molar-refractivity contribution in [1.29, 1.82) is 0 Å². The highest BCUT2D eigenvalue weighted by Gasteiger charge is 2.32. The summed E-state index contributed by atoms with van der Waals surface area (Å²) in [5, 5.41) is 0.986. The molecule has 8 heteroatoms. The fraction of sp³-hybridized carbons (Fsp3) is 0.250. The average Bonchev–Trinajstić information content (AvgIpc) is 3.16. The van der Waals surface area contributed by atoms with Gasteiger partial charge >= 0.3 is 0 Å². The van der Waals surface area contributed by atoms with E-state index in [-0.39, 0.29) is 15.8 Å². The fourth-order valence-electron chi connectivity index (χ4n) is 3.21. The fourth-order valence-corrected chi connectivity index (χ4v) is 4.78. The Morgan fingerprint density at radius 3 is 2.04 bits per heavy atom. The molecule has 2 aromatic carbocycles. The maximum atomic E-state index is 13.3. The minimum atomic E-state index is -3.86. The molecular weight excluding hydrogens is 419 g/mol. The molecule has 0 atom stereocenters. The van der Waals surface area contributed by atoms with E-state index >= 15 is 0 Å². The lowest BCUT2D eigenvalue weighted by molar-refractivity contribution is 0.499. The molecule has 0 saturated carbocycles. The number of rotatable bonds is 4. The van der Waals surface area contributed by atoms with E-state index in [9.17, 15) is 8.42 Å². The molecule has 1 fully saturated rings. The molecule has 1 saturated heterocycles. The second-order valence-electron chi connectivity index (χ2n) is 6.64. The monoisotopic (exact) mass is 436 g/mol. The van der Waals surface area contributed by atoms with Gasteiger partial charge in [0.15, 0.2) is 0 Å². The van der Waals surface area contributed by atoms with Gasteiger partial charge in [-0.2, -0.15) is 4.98 Å². The predicted octanol–water partition coefficient (Wildman–Crippen LogP) is 5.47. The van der Waals surface area contributed by atoms with Crippen LogP contribution in [0.4, 0.5) is 5.88 Å². The van der Waals surface area contributed by atoms with E-state index in [0.717, 1.165) is 32.4 Å². The first-order valence-electron chi connectivity index (χ1n) is 8.97. The van der Waals surface area contributed by atoms with Gasteiger partial charge in [-0.1, -0.05) is 23.2 Å². The third kappa shape index (κ3) is 3.77. The van der Waals surface area contributed by atoms with Crippen LogP contribution in [0.2, 0.25) is 10.0 Å². The van der Waals surface area contributed by atoms with Crippen LogP contribution in [0.5, 0.6) is 0 Å². The molecule has 0 bridgehead atoms. The topological polar surface area (TPSA) is 63.4 Å². The zero-order valence-corrected chi connectivity index (χ0v) is 17.3. The van der Waals surface area contributed by atoms with Crippen molar-refractivity contribution in [1.82, 2.24) is 4.98 Å². The van der Waals surface area contributed by atoms with Crippen molar-refractivity contribution in [3.05, 3.63) is 58.6 Å². The van der Waals surface area contributed by atoms with Gasteiger partial charge in [0.2, 0.25) is 26.6 Å². The zero-order valence-electron chi connectivity index (χ0n) is 14.9. The van der Waals surface area contributed by atoms with Crippen LogP contribution in [0, 0.1) is 0 Å². The summed E-state index contributed by atoms with van der Waals surface area (Å²) in [6.07, 6.45) is 3.09. The molecule has 5 nitrogen and oxygen atoms in total. The molecule has 2 heterocycles. The van der Waals surface area contributed by atoms with Gasteiger partial charge in [0, 0.05) is 28.7 Å². The van der Waals surface area contributed by atoms with Crippen LogP contribution in [0.15, 0.2) is 62.9 Å². The second kappa shape index (κ2) is 7.78. The highest BCUT2D eigenvalue weighted by atomic mass is 35.5. The maximum Gasteiger partial charge on any atom is 0.236 e. The molecule has 0 radical (unpaired) electrons. The lowest BCUT2D eigenvalue weighted by Gasteiger charge is -2.26. The largest absolute Gasteiger partial charge is 0.419 e. The molecule has 0 spiro atoms. The lowest BCUT2D eigenvalue weighted by Crippen LogP contribution is -2.30. The molecule has 1 aromatic heterocycles. The number of nitrogens with zero attached hydrogens (tertiary/aromatic N) is 2. The minimum Gasteiger partial charge on any atom is -0.419 e. The molecule has 0 amide bonds. The second-order valence-corrected chi connectivity index (χ2v) is 9.38. The molecule has 1 aliphatic heterocycles. The van der Waals surface area contributed by atoms with Crippen LogP contribution >= 0.6 is 23.2 Å². The minimum absolute atomic E-state index is 0.0679. The van der Waals surface area contributed by atoms with Gasteiger partial charge in [0.1, 0.15) is 0 Å². The third-order valence-corrected chi connectivity index (χ3v) is 6.86. The van der Waals surface area contributed by atoms with Crippen LogP contribution in [-0.2, 0) is 9.84 Å². The van der Waals surface area contributed by atoms with Gasteiger partial charge in [-0.3, -0.25) is 0 Å². The van der Waals surface area contributed by atoms with Gasteiger partial charge < -0.3 is 9.32 Å². The third-order valence-electron chi connectivity index (χ3n) is 4.69. The smallest absolute Gasteiger partial charge is 0.236 e. The Kier molecular flexibility index (Phi) is 5.36. The van der Waals surface area contributed by atoms with E-state index in [4.69, 9.17) is 27.6 Å². The Hall–Kier alpha value is -2.02. The number of aromatic nitrogens is 1. The molecule has 0 N–H and O–H groups in total. The molecule has 0 unspecified atom stereocenters. The van der Waals surface area contributed by atoms with Crippen molar-refractivity contribution >= 4 is 38.9 Å². The van der Waals surface area contributed by atoms with Crippen molar-refractivity contribution in [2.24, 2.45) is 0 Å². The van der Waals surface area contributed by atoms with Gasteiger partial charge in [0.25, 0.3) is 0 Å². The van der Waals surface area contributed by atoms with E-state index < -0.39 is 9.84 Å². The van der Waals surface area contributed by atoms with Crippen LogP contribution in [0.1, 0.15) is 19.3 Å². The standard InChI is InChI=1S/C20H18Cl2N2O3S/c21-15-6-4-14(5-7-15)18-23-19(20(27-18)24-12-2-1-3-13-24)28(25,26)17-10-8-16(22)9-11-17/h4-11H,1-3,12-13H2. The molecular formula is C20H18Cl2N2O3S. The zero-order chi connectivity index (χ0) is 19.7. The Morgan fingerprint density at radius 1 is 0.857 bits per heavy atom.